The summed E-state index contributed by atoms with van der Waals surface area (Å²) in [4.78, 5) is 11.1. The van der Waals surface area contributed by atoms with E-state index >= 15 is 0 Å². The Morgan fingerprint density at radius 2 is 2.43 bits per heavy atom. The number of anilines is 1. The van der Waals surface area contributed by atoms with Gasteiger partial charge in [0.25, 0.3) is 0 Å². The molecule has 1 heterocycles. The molecular formula is C11H13NO2. The van der Waals surface area contributed by atoms with Crippen LogP contribution in [-0.4, -0.2) is 19.6 Å². The summed E-state index contributed by atoms with van der Waals surface area (Å²) in [6.07, 6.45) is 1.38. The molecule has 0 aliphatic carbocycles. The number of ether oxygens (including phenoxy) is 1. The second-order valence-corrected chi connectivity index (χ2v) is 3.37. The molecule has 1 aromatic carbocycles. The Morgan fingerprint density at radius 1 is 1.57 bits per heavy atom. The van der Waals surface area contributed by atoms with E-state index in [2.05, 4.69) is 10.1 Å². The zero-order valence-corrected chi connectivity index (χ0v) is 8.17. The SMILES string of the molecule is COC(=O)Cc1cccc2c1CCN2. The lowest BCUT2D eigenvalue weighted by Crippen LogP contribution is -2.06. The Kier molecular flexibility index (Phi) is 2.39. The van der Waals surface area contributed by atoms with Crippen molar-refractivity contribution >= 4 is 11.7 Å². The van der Waals surface area contributed by atoms with E-state index in [0.29, 0.717) is 6.42 Å². The zero-order chi connectivity index (χ0) is 9.97. The van der Waals surface area contributed by atoms with Crippen molar-refractivity contribution in [2.75, 3.05) is 19.0 Å². The molecule has 0 saturated heterocycles. The van der Waals surface area contributed by atoms with Crippen molar-refractivity contribution in [1.29, 1.82) is 0 Å². The molecule has 3 heteroatoms. The lowest BCUT2D eigenvalue weighted by Gasteiger charge is -2.06. The Hall–Kier alpha value is -1.51. The fraction of sp³-hybridized carbons (Fsp3) is 0.364. The molecular weight excluding hydrogens is 178 g/mol. The minimum absolute atomic E-state index is 0.176. The van der Waals surface area contributed by atoms with Crippen LogP contribution < -0.4 is 5.32 Å². The highest BCUT2D eigenvalue weighted by atomic mass is 16.5. The van der Waals surface area contributed by atoms with E-state index in [1.807, 2.05) is 18.2 Å². The molecule has 0 spiro atoms. The first-order valence-corrected chi connectivity index (χ1v) is 4.72. The standard InChI is InChI=1S/C11H13NO2/c1-14-11(13)7-8-3-2-4-10-9(8)5-6-12-10/h2-4,12H,5-7H2,1H3. The summed E-state index contributed by atoms with van der Waals surface area (Å²) in [6.45, 7) is 0.966. The lowest BCUT2D eigenvalue weighted by molar-refractivity contribution is -0.139. The molecule has 0 atom stereocenters. The maximum Gasteiger partial charge on any atom is 0.309 e. The number of fused-ring (bicyclic) bond motifs is 1. The van der Waals surface area contributed by atoms with E-state index in [-0.39, 0.29) is 5.97 Å². The van der Waals surface area contributed by atoms with Gasteiger partial charge in [0.15, 0.2) is 0 Å². The van der Waals surface area contributed by atoms with Crippen LogP contribution in [0.4, 0.5) is 5.69 Å². The van der Waals surface area contributed by atoms with Crippen molar-refractivity contribution in [2.24, 2.45) is 0 Å². The summed E-state index contributed by atoms with van der Waals surface area (Å²) >= 11 is 0. The number of carbonyl (C=O) groups excluding carboxylic acids is 1. The number of benzene rings is 1. The molecule has 0 amide bonds. The average molecular weight is 191 g/mol. The number of hydrogen-bond acceptors (Lipinski definition) is 3. The topological polar surface area (TPSA) is 38.3 Å². The number of nitrogens with one attached hydrogen (secondary N) is 1. The maximum absolute atomic E-state index is 11.1. The van der Waals surface area contributed by atoms with Gasteiger partial charge in [0.2, 0.25) is 0 Å². The van der Waals surface area contributed by atoms with E-state index in [1.54, 1.807) is 0 Å². The quantitative estimate of drug-likeness (QED) is 0.717. The van der Waals surface area contributed by atoms with E-state index < -0.39 is 0 Å². The zero-order valence-electron chi connectivity index (χ0n) is 8.17. The van der Waals surface area contributed by atoms with Gasteiger partial charge in [-0.05, 0) is 23.6 Å². The third-order valence-corrected chi connectivity index (χ3v) is 2.53. The van der Waals surface area contributed by atoms with E-state index in [9.17, 15) is 4.79 Å². The molecule has 1 aliphatic rings. The molecule has 3 nitrogen and oxygen atoms in total. The van der Waals surface area contributed by atoms with Gasteiger partial charge in [-0.3, -0.25) is 4.79 Å². The van der Waals surface area contributed by atoms with Crippen LogP contribution in [0.5, 0.6) is 0 Å². The molecule has 0 radical (unpaired) electrons. The number of hydrogen-bond donors (Lipinski definition) is 1. The lowest BCUT2D eigenvalue weighted by atomic mass is 10.0. The van der Waals surface area contributed by atoms with Crippen LogP contribution in [0.2, 0.25) is 0 Å². The smallest absolute Gasteiger partial charge is 0.309 e. The molecule has 0 aromatic heterocycles. The molecule has 2 rings (SSSR count). The molecule has 74 valence electrons. The van der Waals surface area contributed by atoms with Gasteiger partial charge in [-0.15, -0.1) is 0 Å². The maximum atomic E-state index is 11.1. The summed E-state index contributed by atoms with van der Waals surface area (Å²) in [6, 6.07) is 6.00. The molecule has 0 bridgehead atoms. The Labute approximate surface area is 83.1 Å². The minimum atomic E-state index is -0.176. The predicted molar refractivity (Wildman–Crippen MR) is 54.4 cm³/mol. The molecule has 0 fully saturated rings. The second-order valence-electron chi connectivity index (χ2n) is 3.37. The second kappa shape index (κ2) is 3.70. The molecule has 1 aliphatic heterocycles. The average Bonchev–Trinajstić information content (AvgIpc) is 2.66. The van der Waals surface area contributed by atoms with E-state index in [4.69, 9.17) is 0 Å². The van der Waals surface area contributed by atoms with Crippen molar-refractivity contribution in [2.45, 2.75) is 12.8 Å². The summed E-state index contributed by atoms with van der Waals surface area (Å²) in [7, 11) is 1.42. The third kappa shape index (κ3) is 1.58. The van der Waals surface area contributed by atoms with Crippen LogP contribution in [-0.2, 0) is 22.4 Å². The molecule has 0 unspecified atom stereocenters. The highest BCUT2D eigenvalue weighted by Gasteiger charge is 2.15. The monoisotopic (exact) mass is 191 g/mol. The summed E-state index contributed by atoms with van der Waals surface area (Å²) in [5.74, 6) is -0.176. The van der Waals surface area contributed by atoms with Crippen molar-refractivity contribution in [3.63, 3.8) is 0 Å². The van der Waals surface area contributed by atoms with Gasteiger partial charge in [-0.1, -0.05) is 12.1 Å². The van der Waals surface area contributed by atoms with Crippen molar-refractivity contribution in [3.8, 4) is 0 Å². The van der Waals surface area contributed by atoms with Crippen molar-refractivity contribution in [1.82, 2.24) is 0 Å². The van der Waals surface area contributed by atoms with Gasteiger partial charge in [-0.25, -0.2) is 0 Å². The van der Waals surface area contributed by atoms with Crippen LogP contribution in [0.15, 0.2) is 18.2 Å². The predicted octanol–water partition coefficient (Wildman–Crippen LogP) is 1.37. The van der Waals surface area contributed by atoms with Gasteiger partial charge in [0, 0.05) is 12.2 Å². The first-order chi connectivity index (χ1) is 6.81. The molecule has 1 aromatic rings. The minimum Gasteiger partial charge on any atom is -0.469 e. The molecule has 1 N–H and O–H groups in total. The van der Waals surface area contributed by atoms with Crippen LogP contribution in [0.1, 0.15) is 11.1 Å². The van der Waals surface area contributed by atoms with E-state index in [1.165, 1.54) is 12.7 Å². The summed E-state index contributed by atoms with van der Waals surface area (Å²) in [5, 5.41) is 3.28. The fourth-order valence-electron chi connectivity index (χ4n) is 1.81. The fourth-order valence-corrected chi connectivity index (χ4v) is 1.81. The van der Waals surface area contributed by atoms with Crippen molar-refractivity contribution < 1.29 is 9.53 Å². The Balaban J connectivity index is 2.26. The Morgan fingerprint density at radius 3 is 3.21 bits per heavy atom. The van der Waals surface area contributed by atoms with Crippen molar-refractivity contribution in [3.05, 3.63) is 29.3 Å². The van der Waals surface area contributed by atoms with Gasteiger partial charge in [0.05, 0.1) is 13.5 Å². The highest BCUT2D eigenvalue weighted by Crippen LogP contribution is 2.25. The first kappa shape index (κ1) is 9.06. The summed E-state index contributed by atoms with van der Waals surface area (Å²) < 4.78 is 4.65. The third-order valence-electron chi connectivity index (χ3n) is 2.53. The van der Waals surface area contributed by atoms with Gasteiger partial charge < -0.3 is 10.1 Å². The molecule has 14 heavy (non-hydrogen) atoms. The van der Waals surface area contributed by atoms with Crippen LogP contribution in [0.25, 0.3) is 0 Å². The number of methoxy groups -OCH3 is 1. The Bertz CT molecular complexity index is 360. The summed E-state index contributed by atoms with van der Waals surface area (Å²) in [5.41, 5.74) is 3.50. The highest BCUT2D eigenvalue weighted by molar-refractivity contribution is 5.74. The first-order valence-electron chi connectivity index (χ1n) is 4.72. The van der Waals surface area contributed by atoms with Crippen LogP contribution in [0.3, 0.4) is 0 Å². The van der Waals surface area contributed by atoms with Gasteiger partial charge >= 0.3 is 5.97 Å². The van der Waals surface area contributed by atoms with Gasteiger partial charge in [0.1, 0.15) is 0 Å². The number of esters is 1. The largest absolute Gasteiger partial charge is 0.469 e. The van der Waals surface area contributed by atoms with E-state index in [0.717, 1.165) is 24.2 Å². The normalized spacial score (nSPS) is 13.2. The number of carbonyl (C=O) groups is 1. The van der Waals surface area contributed by atoms with Crippen LogP contribution in [0, 0.1) is 0 Å². The molecule has 0 saturated carbocycles. The van der Waals surface area contributed by atoms with Gasteiger partial charge in [-0.2, -0.15) is 0 Å². The number of rotatable bonds is 2. The van der Waals surface area contributed by atoms with Crippen LogP contribution >= 0.6 is 0 Å².